The lowest BCUT2D eigenvalue weighted by atomic mass is 10.3. The number of nitrogens with two attached hydrogens (primary N) is 1. The summed E-state index contributed by atoms with van der Waals surface area (Å²) < 4.78 is 11.7. The summed E-state index contributed by atoms with van der Waals surface area (Å²) in [5, 5.41) is 10.3. The maximum Gasteiger partial charge on any atom is 0.244 e. The third-order valence-electron chi connectivity index (χ3n) is 4.06. The fourth-order valence-corrected chi connectivity index (χ4v) is 2.85. The van der Waals surface area contributed by atoms with Crippen molar-refractivity contribution in [2.45, 2.75) is 6.54 Å². The van der Waals surface area contributed by atoms with Crippen molar-refractivity contribution in [1.82, 2.24) is 19.9 Å². The average Bonchev–Trinajstić information content (AvgIpc) is 3.25. The molecule has 0 aliphatic carbocycles. The summed E-state index contributed by atoms with van der Waals surface area (Å²) >= 11 is 0. The van der Waals surface area contributed by atoms with Crippen LogP contribution in [0.1, 0.15) is 0 Å². The number of nitrogens with zero attached hydrogens (tertiary/aromatic N) is 4. The van der Waals surface area contributed by atoms with Crippen molar-refractivity contribution in [1.29, 1.82) is 0 Å². The number of carbonyl (C=O) groups excluding carboxylic acids is 1. The van der Waals surface area contributed by atoms with Gasteiger partial charge < -0.3 is 20.4 Å². The molecule has 0 aliphatic heterocycles. The Bertz CT molecular complexity index is 1120. The van der Waals surface area contributed by atoms with Gasteiger partial charge in [-0.2, -0.15) is 0 Å². The van der Waals surface area contributed by atoms with Gasteiger partial charge in [0.05, 0.1) is 23.8 Å². The molecule has 9 nitrogen and oxygen atoms in total. The molecule has 136 valence electrons. The number of methoxy groups -OCH3 is 1. The highest BCUT2D eigenvalue weighted by Gasteiger charge is 2.20. The van der Waals surface area contributed by atoms with Gasteiger partial charge in [0.2, 0.25) is 5.91 Å². The van der Waals surface area contributed by atoms with E-state index in [0.29, 0.717) is 22.8 Å². The number of rotatable bonds is 5. The standard InChI is InChI=1S/C18H16N6O3/c1-26-14-9-5-3-7-12(14)20-15(25)10-24-13-8-4-2-6-11(13)21-18(24)16-17(19)23-27-22-16/h2-9H,10H2,1H3,(H2,19,23)(H,20,25). The average molecular weight is 364 g/mol. The van der Waals surface area contributed by atoms with Gasteiger partial charge in [-0.25, -0.2) is 9.61 Å². The Morgan fingerprint density at radius 2 is 1.96 bits per heavy atom. The van der Waals surface area contributed by atoms with Crippen molar-refractivity contribution >= 4 is 28.4 Å². The largest absolute Gasteiger partial charge is 0.495 e. The second-order valence-corrected chi connectivity index (χ2v) is 5.76. The molecule has 0 fully saturated rings. The van der Waals surface area contributed by atoms with E-state index in [1.54, 1.807) is 23.8 Å². The third kappa shape index (κ3) is 3.06. The summed E-state index contributed by atoms with van der Waals surface area (Å²) in [5.41, 5.74) is 8.16. The molecule has 0 atom stereocenters. The maximum absolute atomic E-state index is 12.7. The molecule has 9 heteroatoms. The molecule has 0 radical (unpaired) electrons. The molecule has 0 unspecified atom stereocenters. The number of nitrogen functional groups attached to an aromatic ring is 1. The molecule has 4 rings (SSSR count). The monoisotopic (exact) mass is 364 g/mol. The van der Waals surface area contributed by atoms with Crippen molar-refractivity contribution in [3.05, 3.63) is 48.5 Å². The van der Waals surface area contributed by atoms with Crippen LogP contribution in [0.3, 0.4) is 0 Å². The normalized spacial score (nSPS) is 10.9. The number of hydrogen-bond donors (Lipinski definition) is 2. The molecule has 1 amide bonds. The van der Waals surface area contributed by atoms with Crippen molar-refractivity contribution in [3.63, 3.8) is 0 Å². The van der Waals surface area contributed by atoms with E-state index in [-0.39, 0.29) is 24.0 Å². The van der Waals surface area contributed by atoms with Crippen LogP contribution in [0.15, 0.2) is 53.2 Å². The van der Waals surface area contributed by atoms with Crippen LogP contribution in [0.5, 0.6) is 5.75 Å². The first-order valence-corrected chi connectivity index (χ1v) is 8.14. The number of amides is 1. The lowest BCUT2D eigenvalue weighted by Gasteiger charge is -2.11. The zero-order chi connectivity index (χ0) is 18.8. The fraction of sp³-hybridized carbons (Fsp3) is 0.111. The zero-order valence-electron chi connectivity index (χ0n) is 14.4. The number of imidazole rings is 1. The van der Waals surface area contributed by atoms with Gasteiger partial charge >= 0.3 is 0 Å². The highest BCUT2D eigenvalue weighted by atomic mass is 16.6. The molecule has 2 heterocycles. The van der Waals surface area contributed by atoms with Gasteiger partial charge in [-0.05, 0) is 34.6 Å². The van der Waals surface area contributed by atoms with Crippen molar-refractivity contribution in [3.8, 4) is 17.3 Å². The molecule has 4 aromatic rings. The molecular weight excluding hydrogens is 348 g/mol. The van der Waals surface area contributed by atoms with Gasteiger partial charge in [-0.15, -0.1) is 0 Å². The van der Waals surface area contributed by atoms with Gasteiger partial charge in [-0.3, -0.25) is 4.79 Å². The van der Waals surface area contributed by atoms with Crippen LogP contribution >= 0.6 is 0 Å². The molecule has 2 aromatic heterocycles. The van der Waals surface area contributed by atoms with Crippen molar-refractivity contribution in [2.24, 2.45) is 0 Å². The summed E-state index contributed by atoms with van der Waals surface area (Å²) in [6.45, 7) is 0.000194. The van der Waals surface area contributed by atoms with Gasteiger partial charge in [0, 0.05) is 0 Å². The van der Waals surface area contributed by atoms with Crippen LogP contribution in [0.2, 0.25) is 0 Å². The first kappa shape index (κ1) is 16.6. The Balaban J connectivity index is 1.71. The summed E-state index contributed by atoms with van der Waals surface area (Å²) in [7, 11) is 1.55. The van der Waals surface area contributed by atoms with Gasteiger partial charge in [0.15, 0.2) is 17.3 Å². The summed E-state index contributed by atoms with van der Waals surface area (Å²) in [4.78, 5) is 17.2. The van der Waals surface area contributed by atoms with Gasteiger partial charge in [0.25, 0.3) is 0 Å². The smallest absolute Gasteiger partial charge is 0.244 e. The van der Waals surface area contributed by atoms with E-state index in [0.717, 1.165) is 5.52 Å². The fourth-order valence-electron chi connectivity index (χ4n) is 2.85. The van der Waals surface area contributed by atoms with Crippen molar-refractivity contribution < 1.29 is 14.2 Å². The Morgan fingerprint density at radius 1 is 1.19 bits per heavy atom. The van der Waals surface area contributed by atoms with Crippen LogP contribution in [0, 0.1) is 0 Å². The predicted octanol–water partition coefficient (Wildman–Crippen LogP) is 2.32. The topological polar surface area (TPSA) is 121 Å². The Kier molecular flexibility index (Phi) is 4.17. The molecule has 0 aliphatic rings. The second-order valence-electron chi connectivity index (χ2n) is 5.76. The van der Waals surface area contributed by atoms with Crippen LogP contribution in [0.4, 0.5) is 11.5 Å². The minimum absolute atomic E-state index is 0.000194. The number of nitrogens with one attached hydrogen (secondary N) is 1. The number of fused-ring (bicyclic) bond motifs is 1. The molecule has 0 saturated carbocycles. The van der Waals surface area contributed by atoms with E-state index in [4.69, 9.17) is 10.5 Å². The number of para-hydroxylation sites is 4. The summed E-state index contributed by atoms with van der Waals surface area (Å²) in [6.07, 6.45) is 0. The van der Waals surface area contributed by atoms with E-state index in [1.807, 2.05) is 36.4 Å². The number of anilines is 2. The molecule has 3 N–H and O–H groups in total. The van der Waals surface area contributed by atoms with E-state index < -0.39 is 0 Å². The van der Waals surface area contributed by atoms with Crippen LogP contribution in [-0.4, -0.2) is 32.9 Å². The number of ether oxygens (including phenoxy) is 1. The first-order valence-electron chi connectivity index (χ1n) is 8.14. The third-order valence-corrected chi connectivity index (χ3v) is 4.06. The summed E-state index contributed by atoms with van der Waals surface area (Å²) in [6, 6.07) is 14.6. The number of benzene rings is 2. The molecule has 0 spiro atoms. The van der Waals surface area contributed by atoms with Crippen molar-refractivity contribution in [2.75, 3.05) is 18.2 Å². The number of aromatic nitrogens is 4. The second kappa shape index (κ2) is 6.79. The lowest BCUT2D eigenvalue weighted by molar-refractivity contribution is -0.116. The minimum atomic E-state index is -0.251. The Labute approximate surface area is 153 Å². The highest BCUT2D eigenvalue weighted by molar-refractivity contribution is 5.94. The lowest BCUT2D eigenvalue weighted by Crippen LogP contribution is -2.19. The SMILES string of the molecule is COc1ccccc1NC(=O)Cn1c(-c2nonc2N)nc2ccccc21. The molecule has 0 bridgehead atoms. The van der Waals surface area contributed by atoms with Crippen LogP contribution in [-0.2, 0) is 11.3 Å². The Hall–Kier alpha value is -3.88. The quantitative estimate of drug-likeness (QED) is 0.557. The predicted molar refractivity (Wildman–Crippen MR) is 99.1 cm³/mol. The number of hydrogen-bond acceptors (Lipinski definition) is 7. The minimum Gasteiger partial charge on any atom is -0.495 e. The molecule has 2 aromatic carbocycles. The molecule has 0 saturated heterocycles. The van der Waals surface area contributed by atoms with Crippen LogP contribution < -0.4 is 15.8 Å². The van der Waals surface area contributed by atoms with Gasteiger partial charge in [-0.1, -0.05) is 24.3 Å². The molecule has 27 heavy (non-hydrogen) atoms. The van der Waals surface area contributed by atoms with Gasteiger partial charge in [0.1, 0.15) is 12.3 Å². The maximum atomic E-state index is 12.7. The van der Waals surface area contributed by atoms with Crippen LogP contribution in [0.25, 0.3) is 22.6 Å². The molecular formula is C18H16N6O3. The van der Waals surface area contributed by atoms with E-state index in [2.05, 4.69) is 25.2 Å². The zero-order valence-corrected chi connectivity index (χ0v) is 14.4. The van der Waals surface area contributed by atoms with E-state index in [9.17, 15) is 4.79 Å². The Morgan fingerprint density at radius 3 is 2.74 bits per heavy atom. The number of carbonyl (C=O) groups is 1. The van der Waals surface area contributed by atoms with E-state index >= 15 is 0 Å². The van der Waals surface area contributed by atoms with E-state index in [1.165, 1.54) is 0 Å². The summed E-state index contributed by atoms with van der Waals surface area (Å²) in [5.74, 6) is 0.840. The first-order chi connectivity index (χ1) is 13.2. The highest BCUT2D eigenvalue weighted by Crippen LogP contribution is 2.27.